The van der Waals surface area contributed by atoms with Crippen LogP contribution in [0.2, 0.25) is 0 Å². The molecule has 0 aromatic carbocycles. The zero-order valence-electron chi connectivity index (χ0n) is 11.6. The predicted octanol–water partition coefficient (Wildman–Crippen LogP) is 2.02. The van der Waals surface area contributed by atoms with Gasteiger partial charge in [0.2, 0.25) is 0 Å². The minimum absolute atomic E-state index is 0.401. The predicted molar refractivity (Wildman–Crippen MR) is 73.8 cm³/mol. The summed E-state index contributed by atoms with van der Waals surface area (Å²) in [6.07, 6.45) is 9.60. The van der Waals surface area contributed by atoms with Gasteiger partial charge in [0.25, 0.3) is 0 Å². The molecule has 104 valence electrons. The van der Waals surface area contributed by atoms with Crippen LogP contribution in [0.3, 0.4) is 0 Å². The third kappa shape index (κ3) is 3.46. The molecule has 0 aromatic heterocycles. The second-order valence-electron chi connectivity index (χ2n) is 6.65. The number of hydrogen-bond donors (Lipinski definition) is 1. The van der Waals surface area contributed by atoms with Crippen LogP contribution in [0, 0.1) is 5.41 Å². The number of hydrogen-bond acceptors (Lipinski definition) is 3. The van der Waals surface area contributed by atoms with E-state index >= 15 is 0 Å². The summed E-state index contributed by atoms with van der Waals surface area (Å²) >= 11 is 0. The number of nitrogens with zero attached hydrogens (tertiary/aromatic N) is 1. The molecule has 0 radical (unpaired) electrons. The topological polar surface area (TPSA) is 24.5 Å². The highest BCUT2D eigenvalue weighted by Gasteiger charge is 2.36. The second-order valence-corrected chi connectivity index (χ2v) is 6.65. The maximum Gasteiger partial charge on any atom is 0.0546 e. The van der Waals surface area contributed by atoms with Crippen molar-refractivity contribution in [1.82, 2.24) is 10.2 Å². The van der Waals surface area contributed by atoms with Crippen molar-refractivity contribution in [2.75, 3.05) is 39.4 Å². The summed E-state index contributed by atoms with van der Waals surface area (Å²) in [6.45, 7) is 7.01. The van der Waals surface area contributed by atoms with Gasteiger partial charge in [0.05, 0.1) is 6.61 Å². The second kappa shape index (κ2) is 5.89. The number of rotatable bonds is 5. The molecule has 0 spiro atoms. The van der Waals surface area contributed by atoms with Gasteiger partial charge in [-0.15, -0.1) is 0 Å². The van der Waals surface area contributed by atoms with Gasteiger partial charge >= 0.3 is 0 Å². The first-order chi connectivity index (χ1) is 8.86. The minimum atomic E-state index is 0.401. The van der Waals surface area contributed by atoms with E-state index in [0.29, 0.717) is 5.41 Å². The van der Waals surface area contributed by atoms with E-state index in [1.165, 1.54) is 71.1 Å². The van der Waals surface area contributed by atoms with Crippen molar-refractivity contribution < 1.29 is 4.74 Å². The summed E-state index contributed by atoms with van der Waals surface area (Å²) in [5.74, 6) is 0. The summed E-state index contributed by atoms with van der Waals surface area (Å²) in [5, 5.41) is 3.75. The lowest BCUT2D eigenvalue weighted by Crippen LogP contribution is -2.50. The smallest absolute Gasteiger partial charge is 0.0546 e. The van der Waals surface area contributed by atoms with Crippen LogP contribution in [0.5, 0.6) is 0 Å². The van der Waals surface area contributed by atoms with Crippen LogP contribution in [0.4, 0.5) is 0 Å². The Balaban J connectivity index is 1.55. The fraction of sp³-hybridized carbons (Fsp3) is 1.00. The van der Waals surface area contributed by atoms with Gasteiger partial charge in [-0.05, 0) is 51.6 Å². The molecule has 3 fully saturated rings. The maximum atomic E-state index is 5.81. The molecule has 0 bridgehead atoms. The molecule has 1 saturated carbocycles. The van der Waals surface area contributed by atoms with Gasteiger partial charge < -0.3 is 15.0 Å². The summed E-state index contributed by atoms with van der Waals surface area (Å²) in [4.78, 5) is 2.69. The van der Waals surface area contributed by atoms with Gasteiger partial charge in [0.1, 0.15) is 0 Å². The van der Waals surface area contributed by atoms with Gasteiger partial charge in [-0.25, -0.2) is 0 Å². The average molecular weight is 252 g/mol. The highest BCUT2D eigenvalue weighted by molar-refractivity contribution is 4.91. The van der Waals surface area contributed by atoms with Gasteiger partial charge in [-0.3, -0.25) is 0 Å². The number of nitrogens with one attached hydrogen (secondary N) is 1. The molecule has 0 aromatic rings. The molecule has 0 amide bonds. The molecule has 1 atom stereocenters. The lowest BCUT2D eigenvalue weighted by Gasteiger charge is -2.42. The Kier molecular flexibility index (Phi) is 4.22. The van der Waals surface area contributed by atoms with Crippen molar-refractivity contribution in [3.63, 3.8) is 0 Å². The van der Waals surface area contributed by atoms with Crippen molar-refractivity contribution in [3.05, 3.63) is 0 Å². The monoisotopic (exact) mass is 252 g/mol. The minimum Gasteiger partial charge on any atom is -0.381 e. The van der Waals surface area contributed by atoms with Gasteiger partial charge in [0.15, 0.2) is 0 Å². The highest BCUT2D eigenvalue weighted by atomic mass is 16.5. The first-order valence-corrected chi connectivity index (χ1v) is 7.90. The number of likely N-dealkylation sites (tertiary alicyclic amines) is 1. The van der Waals surface area contributed by atoms with Gasteiger partial charge in [-0.1, -0.05) is 6.42 Å². The average Bonchev–Trinajstić information content (AvgIpc) is 3.23. The first-order valence-electron chi connectivity index (χ1n) is 7.90. The SMILES string of the molecule is C1CCN(CC2(CNC3CC3)CCCOC2)CC1. The van der Waals surface area contributed by atoms with Crippen molar-refractivity contribution >= 4 is 0 Å². The Labute approximate surface area is 111 Å². The molecular formula is C15H28N2O. The molecule has 1 unspecified atom stereocenters. The van der Waals surface area contributed by atoms with Crippen LogP contribution in [-0.4, -0.2) is 50.3 Å². The Morgan fingerprint density at radius 3 is 2.61 bits per heavy atom. The quantitative estimate of drug-likeness (QED) is 0.810. The van der Waals surface area contributed by atoms with E-state index < -0.39 is 0 Å². The summed E-state index contributed by atoms with van der Waals surface area (Å²) < 4.78 is 5.81. The molecule has 2 heterocycles. The summed E-state index contributed by atoms with van der Waals surface area (Å²) in [6, 6.07) is 0.824. The molecule has 18 heavy (non-hydrogen) atoms. The van der Waals surface area contributed by atoms with E-state index in [0.717, 1.165) is 19.3 Å². The molecule has 1 N–H and O–H groups in total. The maximum absolute atomic E-state index is 5.81. The number of piperidine rings is 1. The van der Waals surface area contributed by atoms with Crippen molar-refractivity contribution in [1.29, 1.82) is 0 Å². The largest absolute Gasteiger partial charge is 0.381 e. The molecule has 3 aliphatic rings. The highest BCUT2D eigenvalue weighted by Crippen LogP contribution is 2.31. The molecule has 3 heteroatoms. The third-order valence-corrected chi connectivity index (χ3v) is 4.75. The van der Waals surface area contributed by atoms with Crippen LogP contribution in [-0.2, 0) is 4.74 Å². The Bertz CT molecular complexity index is 253. The van der Waals surface area contributed by atoms with E-state index in [1.807, 2.05) is 0 Å². The fourth-order valence-corrected chi connectivity index (χ4v) is 3.47. The standard InChI is InChI=1S/C15H28N2O/c1-2-8-17(9-3-1)12-15(7-4-10-18-13-15)11-16-14-5-6-14/h14,16H,1-13H2. The first kappa shape index (κ1) is 12.9. The van der Waals surface area contributed by atoms with Crippen LogP contribution in [0.15, 0.2) is 0 Å². The summed E-state index contributed by atoms with van der Waals surface area (Å²) in [7, 11) is 0. The Morgan fingerprint density at radius 1 is 1.11 bits per heavy atom. The van der Waals surface area contributed by atoms with Crippen molar-refractivity contribution in [2.45, 2.75) is 51.0 Å². The Hall–Kier alpha value is -0.120. The van der Waals surface area contributed by atoms with Crippen LogP contribution < -0.4 is 5.32 Å². The molecule has 2 aliphatic heterocycles. The summed E-state index contributed by atoms with van der Waals surface area (Å²) in [5.41, 5.74) is 0.401. The van der Waals surface area contributed by atoms with Crippen molar-refractivity contribution in [3.8, 4) is 0 Å². The van der Waals surface area contributed by atoms with Crippen LogP contribution >= 0.6 is 0 Å². The van der Waals surface area contributed by atoms with E-state index in [9.17, 15) is 0 Å². The molecule has 3 rings (SSSR count). The normalized spacial score (nSPS) is 34.7. The van der Waals surface area contributed by atoms with E-state index in [-0.39, 0.29) is 0 Å². The third-order valence-electron chi connectivity index (χ3n) is 4.75. The van der Waals surface area contributed by atoms with E-state index in [4.69, 9.17) is 4.74 Å². The molecule has 1 aliphatic carbocycles. The Morgan fingerprint density at radius 2 is 1.94 bits per heavy atom. The molecule has 2 saturated heterocycles. The lowest BCUT2D eigenvalue weighted by atomic mass is 9.81. The van der Waals surface area contributed by atoms with E-state index in [2.05, 4.69) is 10.2 Å². The van der Waals surface area contributed by atoms with E-state index in [1.54, 1.807) is 0 Å². The number of ether oxygens (including phenoxy) is 1. The van der Waals surface area contributed by atoms with Gasteiger partial charge in [-0.2, -0.15) is 0 Å². The zero-order chi connectivity index (χ0) is 12.3. The lowest BCUT2D eigenvalue weighted by molar-refractivity contribution is -0.0288. The van der Waals surface area contributed by atoms with Gasteiger partial charge in [0, 0.05) is 31.2 Å². The molecule has 3 nitrogen and oxygen atoms in total. The van der Waals surface area contributed by atoms with Crippen LogP contribution in [0.25, 0.3) is 0 Å². The molecular weight excluding hydrogens is 224 g/mol. The van der Waals surface area contributed by atoms with Crippen molar-refractivity contribution in [2.24, 2.45) is 5.41 Å². The zero-order valence-corrected chi connectivity index (χ0v) is 11.6. The fourth-order valence-electron chi connectivity index (χ4n) is 3.47. The van der Waals surface area contributed by atoms with Crippen LogP contribution in [0.1, 0.15) is 44.9 Å².